The number of hydrogen-bond acceptors (Lipinski definition) is 3. The molecule has 3 nitrogen and oxygen atoms in total. The van der Waals surface area contributed by atoms with Crippen molar-refractivity contribution in [1.29, 1.82) is 0 Å². The molecule has 21 heavy (non-hydrogen) atoms. The normalized spacial score (nSPS) is 10.8. The maximum absolute atomic E-state index is 9.04. The Hall–Kier alpha value is -1.75. The monoisotopic (exact) mass is 300 g/mol. The first-order valence-electron chi connectivity index (χ1n) is 6.84. The molecule has 0 aromatic heterocycles. The Kier molecular flexibility index (Phi) is 5.44. The molecule has 0 fully saturated rings. The van der Waals surface area contributed by atoms with E-state index in [0.717, 1.165) is 24.2 Å². The lowest BCUT2D eigenvalue weighted by Crippen LogP contribution is -2.18. The van der Waals surface area contributed by atoms with Gasteiger partial charge in [-0.1, -0.05) is 54.7 Å². The second-order valence-electron chi connectivity index (χ2n) is 5.21. The Morgan fingerprint density at radius 2 is 1.67 bits per heavy atom. The lowest BCUT2D eigenvalue weighted by Gasteiger charge is -2.17. The number of hydrogen-bond donors (Lipinski definition) is 2. The highest BCUT2D eigenvalue weighted by Gasteiger charge is 2.04. The number of nitrogens with zero attached hydrogens (tertiary/aromatic N) is 1. The van der Waals surface area contributed by atoms with E-state index < -0.39 is 0 Å². The van der Waals surface area contributed by atoms with Crippen molar-refractivity contribution < 1.29 is 5.11 Å². The van der Waals surface area contributed by atoms with Crippen LogP contribution in [-0.4, -0.2) is 22.0 Å². The van der Waals surface area contributed by atoms with Gasteiger partial charge in [0.1, 0.15) is 4.99 Å². The molecule has 0 saturated carbocycles. The third kappa shape index (κ3) is 4.63. The van der Waals surface area contributed by atoms with Gasteiger partial charge >= 0.3 is 0 Å². The molecule has 0 amide bonds. The smallest absolute Gasteiger partial charge is 0.103 e. The van der Waals surface area contributed by atoms with Crippen molar-refractivity contribution in [1.82, 2.24) is 4.90 Å². The number of aliphatic hydroxyl groups is 1. The molecule has 110 valence electrons. The summed E-state index contributed by atoms with van der Waals surface area (Å²) in [5.41, 5.74) is 9.92. The Bertz CT molecular complexity index is 610. The predicted octanol–water partition coefficient (Wildman–Crippen LogP) is 2.45. The summed E-state index contributed by atoms with van der Waals surface area (Å²) in [5.74, 6) is 0. The van der Waals surface area contributed by atoms with E-state index in [1.807, 2.05) is 42.5 Å². The lowest BCUT2D eigenvalue weighted by molar-refractivity contribution is 0.281. The SMILES string of the molecule is CN(Cc1ccc(CO)cc1)Cc1cccc(C(N)=S)c1. The summed E-state index contributed by atoms with van der Waals surface area (Å²) in [4.78, 5) is 2.66. The molecule has 0 unspecified atom stereocenters. The first-order valence-corrected chi connectivity index (χ1v) is 7.25. The first-order chi connectivity index (χ1) is 10.1. The molecule has 0 spiro atoms. The van der Waals surface area contributed by atoms with Gasteiger partial charge in [-0.2, -0.15) is 0 Å². The van der Waals surface area contributed by atoms with Crippen LogP contribution in [-0.2, 0) is 19.7 Å². The largest absolute Gasteiger partial charge is 0.392 e. The van der Waals surface area contributed by atoms with E-state index >= 15 is 0 Å². The van der Waals surface area contributed by atoms with Crippen molar-refractivity contribution in [2.45, 2.75) is 19.7 Å². The van der Waals surface area contributed by atoms with Gasteiger partial charge in [-0.05, 0) is 29.8 Å². The Morgan fingerprint density at radius 3 is 2.29 bits per heavy atom. The molecule has 0 bridgehead atoms. The molecule has 2 rings (SSSR count). The third-order valence-corrected chi connectivity index (χ3v) is 3.56. The van der Waals surface area contributed by atoms with Crippen LogP contribution in [0.5, 0.6) is 0 Å². The molecule has 0 atom stereocenters. The Labute approximate surface area is 131 Å². The second kappa shape index (κ2) is 7.31. The second-order valence-corrected chi connectivity index (χ2v) is 5.65. The number of thiocarbonyl (C=S) groups is 1. The average Bonchev–Trinajstić information content (AvgIpc) is 2.48. The van der Waals surface area contributed by atoms with Crippen LogP contribution in [0.3, 0.4) is 0 Å². The first kappa shape index (κ1) is 15.6. The van der Waals surface area contributed by atoms with Crippen LogP contribution in [0.1, 0.15) is 22.3 Å². The third-order valence-electron chi connectivity index (χ3n) is 3.32. The van der Waals surface area contributed by atoms with Crippen molar-refractivity contribution in [3.8, 4) is 0 Å². The zero-order chi connectivity index (χ0) is 15.2. The molecule has 0 heterocycles. The van der Waals surface area contributed by atoms with Crippen molar-refractivity contribution in [2.75, 3.05) is 7.05 Å². The molecule has 0 aliphatic rings. The van der Waals surface area contributed by atoms with Gasteiger partial charge in [0.2, 0.25) is 0 Å². The van der Waals surface area contributed by atoms with Crippen molar-refractivity contribution in [3.05, 3.63) is 70.8 Å². The maximum Gasteiger partial charge on any atom is 0.103 e. The molecular weight excluding hydrogens is 280 g/mol. The van der Waals surface area contributed by atoms with E-state index in [0.29, 0.717) is 4.99 Å². The van der Waals surface area contributed by atoms with Gasteiger partial charge in [-0.3, -0.25) is 4.90 Å². The fourth-order valence-electron chi connectivity index (χ4n) is 2.25. The van der Waals surface area contributed by atoms with E-state index in [1.54, 1.807) is 0 Å². The average molecular weight is 300 g/mol. The number of benzene rings is 2. The molecule has 0 aliphatic heterocycles. The van der Waals surface area contributed by atoms with Crippen LogP contribution < -0.4 is 5.73 Å². The quantitative estimate of drug-likeness (QED) is 0.805. The van der Waals surface area contributed by atoms with Crippen molar-refractivity contribution in [3.63, 3.8) is 0 Å². The molecule has 2 aromatic rings. The molecule has 0 saturated heterocycles. The fraction of sp³-hybridized carbons (Fsp3) is 0.235. The van der Waals surface area contributed by atoms with Crippen molar-refractivity contribution in [2.24, 2.45) is 5.73 Å². The van der Waals surface area contributed by atoms with E-state index in [4.69, 9.17) is 23.1 Å². The van der Waals surface area contributed by atoms with Gasteiger partial charge < -0.3 is 10.8 Å². The van der Waals surface area contributed by atoms with Gasteiger partial charge in [-0.25, -0.2) is 0 Å². The summed E-state index contributed by atoms with van der Waals surface area (Å²) in [6, 6.07) is 16.0. The molecule has 2 aromatic carbocycles. The highest BCUT2D eigenvalue weighted by Crippen LogP contribution is 2.11. The van der Waals surface area contributed by atoms with Gasteiger partial charge in [0.15, 0.2) is 0 Å². The number of rotatable bonds is 6. The predicted molar refractivity (Wildman–Crippen MR) is 89.9 cm³/mol. The van der Waals surface area contributed by atoms with Crippen LogP contribution in [0.4, 0.5) is 0 Å². The highest BCUT2D eigenvalue weighted by molar-refractivity contribution is 7.80. The summed E-state index contributed by atoms with van der Waals surface area (Å²) in [7, 11) is 2.08. The van der Waals surface area contributed by atoms with E-state index in [9.17, 15) is 0 Å². The van der Waals surface area contributed by atoms with E-state index in [1.165, 1.54) is 11.1 Å². The van der Waals surface area contributed by atoms with Gasteiger partial charge in [0.25, 0.3) is 0 Å². The summed E-state index contributed by atoms with van der Waals surface area (Å²) in [6.45, 7) is 1.77. The van der Waals surface area contributed by atoms with Crippen LogP contribution in [0.15, 0.2) is 48.5 Å². The number of nitrogens with two attached hydrogens (primary N) is 1. The Morgan fingerprint density at radius 1 is 1.05 bits per heavy atom. The molecule has 0 aliphatic carbocycles. The summed E-state index contributed by atoms with van der Waals surface area (Å²) >= 11 is 5.01. The number of aliphatic hydroxyl groups excluding tert-OH is 1. The van der Waals surface area contributed by atoms with Gasteiger partial charge in [0.05, 0.1) is 6.61 Å². The van der Waals surface area contributed by atoms with Crippen LogP contribution in [0.2, 0.25) is 0 Å². The van der Waals surface area contributed by atoms with E-state index in [-0.39, 0.29) is 6.61 Å². The summed E-state index contributed by atoms with van der Waals surface area (Å²) in [6.07, 6.45) is 0. The lowest BCUT2D eigenvalue weighted by atomic mass is 10.1. The summed E-state index contributed by atoms with van der Waals surface area (Å²) < 4.78 is 0. The topological polar surface area (TPSA) is 49.5 Å². The zero-order valence-electron chi connectivity index (χ0n) is 12.1. The summed E-state index contributed by atoms with van der Waals surface area (Å²) in [5, 5.41) is 9.04. The highest BCUT2D eigenvalue weighted by atomic mass is 32.1. The fourth-order valence-corrected chi connectivity index (χ4v) is 2.38. The van der Waals surface area contributed by atoms with Crippen LogP contribution in [0, 0.1) is 0 Å². The van der Waals surface area contributed by atoms with E-state index in [2.05, 4.69) is 18.0 Å². The maximum atomic E-state index is 9.04. The molecule has 0 radical (unpaired) electrons. The minimum Gasteiger partial charge on any atom is -0.392 e. The van der Waals surface area contributed by atoms with Gasteiger partial charge in [-0.15, -0.1) is 0 Å². The van der Waals surface area contributed by atoms with Crippen LogP contribution >= 0.6 is 12.2 Å². The minimum atomic E-state index is 0.0852. The molecule has 4 heteroatoms. The zero-order valence-corrected chi connectivity index (χ0v) is 12.9. The van der Waals surface area contributed by atoms with Crippen molar-refractivity contribution >= 4 is 17.2 Å². The molecule has 3 N–H and O–H groups in total. The Balaban J connectivity index is 1.98. The minimum absolute atomic E-state index is 0.0852. The van der Waals surface area contributed by atoms with Crippen LogP contribution in [0.25, 0.3) is 0 Å². The van der Waals surface area contributed by atoms with Gasteiger partial charge in [0, 0.05) is 18.7 Å². The molecular formula is C17H20N2OS. The standard InChI is InChI=1S/C17H20N2OS/c1-19(10-13-5-7-14(12-20)8-6-13)11-15-3-2-4-16(9-15)17(18)21/h2-9,20H,10-12H2,1H3,(H2,18,21).